The summed E-state index contributed by atoms with van der Waals surface area (Å²) >= 11 is 0. The van der Waals surface area contributed by atoms with E-state index < -0.39 is 0 Å². The van der Waals surface area contributed by atoms with E-state index in [4.69, 9.17) is 0 Å². The highest BCUT2D eigenvalue weighted by Crippen LogP contribution is 2.24. The summed E-state index contributed by atoms with van der Waals surface area (Å²) in [5.74, 6) is -0.0300. The fourth-order valence-electron chi connectivity index (χ4n) is 2.56. The molecule has 0 bridgehead atoms. The number of phenolic OH excluding ortho intramolecular Hbond substituents is 1. The summed E-state index contributed by atoms with van der Waals surface area (Å²) < 4.78 is 0. The number of benzene rings is 2. The fraction of sp³-hybridized carbons (Fsp3) is 0.176. The van der Waals surface area contributed by atoms with Crippen molar-refractivity contribution in [3.05, 3.63) is 65.2 Å². The van der Waals surface area contributed by atoms with E-state index in [1.807, 2.05) is 31.2 Å². The van der Waals surface area contributed by atoms with Crippen molar-refractivity contribution in [2.24, 2.45) is 4.99 Å². The Balaban J connectivity index is 2.17. The Hall–Kier alpha value is -2.42. The van der Waals surface area contributed by atoms with Crippen LogP contribution in [0.25, 0.3) is 0 Å². The lowest BCUT2D eigenvalue weighted by Gasteiger charge is -2.07. The molecule has 1 aliphatic heterocycles. The molecule has 3 rings (SSSR count). The van der Waals surface area contributed by atoms with E-state index >= 15 is 0 Å². The molecule has 0 saturated heterocycles. The van der Waals surface area contributed by atoms with Crippen LogP contribution in [-0.4, -0.2) is 22.6 Å². The number of ketones is 1. The largest absolute Gasteiger partial charge is 0.507 e. The van der Waals surface area contributed by atoms with Gasteiger partial charge in [-0.25, -0.2) is 0 Å². The van der Waals surface area contributed by atoms with Crippen LogP contribution < -0.4 is 0 Å². The average molecular weight is 265 g/mol. The van der Waals surface area contributed by atoms with E-state index in [2.05, 4.69) is 4.99 Å². The second kappa shape index (κ2) is 4.93. The topological polar surface area (TPSA) is 49.7 Å². The second-order valence-electron chi connectivity index (χ2n) is 5.03. The molecule has 0 saturated carbocycles. The summed E-state index contributed by atoms with van der Waals surface area (Å²) in [6.45, 7) is 1.98. The highest BCUT2D eigenvalue weighted by atomic mass is 16.3. The van der Waals surface area contributed by atoms with Crippen LogP contribution in [0.3, 0.4) is 0 Å². The van der Waals surface area contributed by atoms with Gasteiger partial charge < -0.3 is 5.11 Å². The first kappa shape index (κ1) is 12.6. The van der Waals surface area contributed by atoms with Crippen molar-refractivity contribution in [3.8, 4) is 5.75 Å². The van der Waals surface area contributed by atoms with Crippen molar-refractivity contribution in [2.75, 3.05) is 0 Å². The molecule has 0 unspecified atom stereocenters. The van der Waals surface area contributed by atoms with Crippen LogP contribution in [0.1, 0.15) is 28.4 Å². The molecule has 3 heteroatoms. The first-order chi connectivity index (χ1) is 9.66. The van der Waals surface area contributed by atoms with Gasteiger partial charge in [0.05, 0.1) is 6.04 Å². The zero-order valence-corrected chi connectivity index (χ0v) is 11.2. The van der Waals surface area contributed by atoms with Gasteiger partial charge in [-0.05, 0) is 31.0 Å². The summed E-state index contributed by atoms with van der Waals surface area (Å²) in [6, 6.07) is 14.4. The minimum atomic E-state index is -0.119. The molecule has 0 aromatic heterocycles. The number of fused-ring (bicyclic) bond motifs is 1. The fourth-order valence-corrected chi connectivity index (χ4v) is 2.56. The maximum absolute atomic E-state index is 12.7. The molecule has 0 spiro atoms. The van der Waals surface area contributed by atoms with E-state index in [1.165, 1.54) is 0 Å². The number of carbonyl (C=O) groups is 1. The summed E-state index contributed by atoms with van der Waals surface area (Å²) in [7, 11) is 0. The van der Waals surface area contributed by atoms with Gasteiger partial charge in [0.1, 0.15) is 11.5 Å². The predicted octanol–water partition coefficient (Wildman–Crippen LogP) is 3.01. The first-order valence-corrected chi connectivity index (χ1v) is 6.65. The van der Waals surface area contributed by atoms with E-state index in [1.54, 1.807) is 24.3 Å². The van der Waals surface area contributed by atoms with Gasteiger partial charge in [-0.15, -0.1) is 0 Å². The van der Waals surface area contributed by atoms with Gasteiger partial charge in [0.15, 0.2) is 0 Å². The maximum atomic E-state index is 12.7. The highest BCUT2D eigenvalue weighted by molar-refractivity contribution is 6.52. The molecule has 1 aliphatic rings. The van der Waals surface area contributed by atoms with Crippen molar-refractivity contribution in [2.45, 2.75) is 19.4 Å². The molecule has 0 fully saturated rings. The molecule has 1 heterocycles. The minimum Gasteiger partial charge on any atom is -0.507 e. The molecule has 2 aromatic carbocycles. The molecule has 3 nitrogen and oxygen atoms in total. The molecular formula is C17H15NO2. The normalized spacial score (nSPS) is 18.1. The number of aromatic hydroxyl groups is 1. The summed E-state index contributed by atoms with van der Waals surface area (Å²) in [5, 5.41) is 9.97. The van der Waals surface area contributed by atoms with Crippen molar-refractivity contribution < 1.29 is 9.90 Å². The molecule has 1 N–H and O–H groups in total. The third-order valence-electron chi connectivity index (χ3n) is 3.50. The zero-order valence-electron chi connectivity index (χ0n) is 11.2. The van der Waals surface area contributed by atoms with Gasteiger partial charge in [0.2, 0.25) is 5.78 Å². The lowest BCUT2D eigenvalue weighted by atomic mass is 9.96. The number of para-hydroxylation sites is 1. The summed E-state index contributed by atoms with van der Waals surface area (Å²) in [4.78, 5) is 17.2. The van der Waals surface area contributed by atoms with Gasteiger partial charge in [-0.2, -0.15) is 0 Å². The number of rotatable bonds is 1. The Morgan fingerprint density at radius 2 is 1.70 bits per heavy atom. The number of hydrogen-bond donors (Lipinski definition) is 1. The van der Waals surface area contributed by atoms with Gasteiger partial charge in [-0.3, -0.25) is 9.79 Å². The van der Waals surface area contributed by atoms with Gasteiger partial charge in [0.25, 0.3) is 0 Å². The highest BCUT2D eigenvalue weighted by Gasteiger charge is 2.25. The number of phenols is 1. The average Bonchev–Trinajstić information content (AvgIpc) is 2.57. The second-order valence-corrected chi connectivity index (χ2v) is 5.03. The molecule has 1 atom stereocenters. The first-order valence-electron chi connectivity index (χ1n) is 6.65. The predicted molar refractivity (Wildman–Crippen MR) is 78.6 cm³/mol. The van der Waals surface area contributed by atoms with E-state index in [0.717, 1.165) is 12.0 Å². The summed E-state index contributed by atoms with van der Waals surface area (Å²) in [6.07, 6.45) is 0.735. The smallest absolute Gasteiger partial charge is 0.211 e. The SMILES string of the molecule is C[C@@H]1Cc2ccccc2C(=O)C(c2ccccc2O)=N1. The lowest BCUT2D eigenvalue weighted by molar-refractivity contribution is 0.106. The van der Waals surface area contributed by atoms with Gasteiger partial charge in [0, 0.05) is 11.1 Å². The molecule has 0 radical (unpaired) electrons. The molecule has 20 heavy (non-hydrogen) atoms. The molecule has 2 aromatic rings. The Morgan fingerprint density at radius 3 is 2.45 bits per heavy atom. The monoisotopic (exact) mass is 265 g/mol. The van der Waals surface area contributed by atoms with E-state index in [-0.39, 0.29) is 17.6 Å². The minimum absolute atomic E-state index is 0.0113. The van der Waals surface area contributed by atoms with Crippen LogP contribution in [0.15, 0.2) is 53.5 Å². The van der Waals surface area contributed by atoms with Crippen LogP contribution in [0.4, 0.5) is 0 Å². The molecule has 100 valence electrons. The van der Waals surface area contributed by atoms with Crippen molar-refractivity contribution in [1.82, 2.24) is 0 Å². The molecule has 0 aliphatic carbocycles. The number of hydrogen-bond acceptors (Lipinski definition) is 3. The molecular weight excluding hydrogens is 250 g/mol. The number of Topliss-reactive ketones (excluding diaryl/α,β-unsaturated/α-hetero) is 1. The van der Waals surface area contributed by atoms with E-state index in [0.29, 0.717) is 16.8 Å². The number of carbonyl (C=O) groups excluding carboxylic acids is 1. The Morgan fingerprint density at radius 1 is 1.05 bits per heavy atom. The van der Waals surface area contributed by atoms with Crippen LogP contribution in [0.2, 0.25) is 0 Å². The third kappa shape index (κ3) is 2.11. The van der Waals surface area contributed by atoms with Gasteiger partial charge in [-0.1, -0.05) is 36.4 Å². The Kier molecular flexibility index (Phi) is 3.11. The zero-order chi connectivity index (χ0) is 14.1. The van der Waals surface area contributed by atoms with Crippen LogP contribution in [-0.2, 0) is 6.42 Å². The lowest BCUT2D eigenvalue weighted by Crippen LogP contribution is -2.16. The van der Waals surface area contributed by atoms with E-state index in [9.17, 15) is 9.90 Å². The standard InChI is InChI=1S/C17H15NO2/c1-11-10-12-6-2-3-7-13(12)17(20)16(18-11)14-8-4-5-9-15(14)19/h2-9,11,19H,10H2,1H3/t11-/m1/s1. The third-order valence-corrected chi connectivity index (χ3v) is 3.50. The maximum Gasteiger partial charge on any atom is 0.211 e. The Bertz CT molecular complexity index is 704. The van der Waals surface area contributed by atoms with Crippen molar-refractivity contribution in [1.29, 1.82) is 0 Å². The Labute approximate surface area is 117 Å². The molecule has 0 amide bonds. The number of aliphatic imine (C=N–C) groups is 1. The van der Waals surface area contributed by atoms with Crippen molar-refractivity contribution >= 4 is 11.5 Å². The van der Waals surface area contributed by atoms with Gasteiger partial charge >= 0.3 is 0 Å². The summed E-state index contributed by atoms with van der Waals surface area (Å²) in [5.41, 5.74) is 2.54. The van der Waals surface area contributed by atoms with Crippen LogP contribution >= 0.6 is 0 Å². The number of nitrogens with zero attached hydrogens (tertiary/aromatic N) is 1. The van der Waals surface area contributed by atoms with Crippen LogP contribution in [0, 0.1) is 0 Å². The quantitative estimate of drug-likeness (QED) is 0.861. The van der Waals surface area contributed by atoms with Crippen molar-refractivity contribution in [3.63, 3.8) is 0 Å². The van der Waals surface area contributed by atoms with Crippen LogP contribution in [0.5, 0.6) is 5.75 Å².